The van der Waals surface area contributed by atoms with Gasteiger partial charge in [-0.1, -0.05) is 18.6 Å². The molecule has 92 valence electrons. The Morgan fingerprint density at radius 3 is 2.65 bits per heavy atom. The number of para-hydroxylation sites is 2. The van der Waals surface area contributed by atoms with Gasteiger partial charge in [0.15, 0.2) is 0 Å². The summed E-state index contributed by atoms with van der Waals surface area (Å²) >= 11 is 0. The number of nitrogens with zero attached hydrogens (tertiary/aromatic N) is 1. The lowest BCUT2D eigenvalue weighted by atomic mass is 10.1. The number of piperidine rings is 1. The molecule has 0 aromatic heterocycles. The van der Waals surface area contributed by atoms with Gasteiger partial charge in [-0.2, -0.15) is 0 Å². The topological polar surface area (TPSA) is 58.4 Å². The summed E-state index contributed by atoms with van der Waals surface area (Å²) in [5.74, 6) is 0.0183. The SMILES string of the molecule is Nc1ccccc1NC(=O)CN1CCCCC1. The molecule has 17 heavy (non-hydrogen) atoms. The zero-order chi connectivity index (χ0) is 12.1. The predicted octanol–water partition coefficient (Wildman–Crippen LogP) is 1.69. The number of anilines is 2. The Labute approximate surface area is 102 Å². The van der Waals surface area contributed by atoms with Crippen LogP contribution in [0, 0.1) is 0 Å². The van der Waals surface area contributed by atoms with Crippen LogP contribution in [0.15, 0.2) is 24.3 Å². The fourth-order valence-electron chi connectivity index (χ4n) is 2.12. The second-order valence-corrected chi connectivity index (χ2v) is 4.47. The summed E-state index contributed by atoms with van der Waals surface area (Å²) in [5, 5.41) is 2.85. The van der Waals surface area contributed by atoms with Crippen LogP contribution in [0.4, 0.5) is 11.4 Å². The summed E-state index contributed by atoms with van der Waals surface area (Å²) in [7, 11) is 0. The minimum Gasteiger partial charge on any atom is -0.397 e. The van der Waals surface area contributed by atoms with E-state index in [4.69, 9.17) is 5.73 Å². The van der Waals surface area contributed by atoms with Gasteiger partial charge in [-0.15, -0.1) is 0 Å². The molecule has 1 saturated heterocycles. The average molecular weight is 233 g/mol. The van der Waals surface area contributed by atoms with Crippen LogP contribution in [0.1, 0.15) is 19.3 Å². The Hall–Kier alpha value is -1.55. The van der Waals surface area contributed by atoms with Gasteiger partial charge >= 0.3 is 0 Å². The Kier molecular flexibility index (Phi) is 3.98. The van der Waals surface area contributed by atoms with Gasteiger partial charge in [0.2, 0.25) is 5.91 Å². The molecule has 1 fully saturated rings. The van der Waals surface area contributed by atoms with E-state index in [0.717, 1.165) is 13.1 Å². The van der Waals surface area contributed by atoms with Crippen LogP contribution in [0.2, 0.25) is 0 Å². The zero-order valence-corrected chi connectivity index (χ0v) is 9.98. The van der Waals surface area contributed by atoms with E-state index in [-0.39, 0.29) is 5.91 Å². The van der Waals surface area contributed by atoms with Crippen molar-refractivity contribution in [1.82, 2.24) is 4.90 Å². The molecule has 1 heterocycles. The molecule has 0 atom stereocenters. The maximum Gasteiger partial charge on any atom is 0.238 e. The van der Waals surface area contributed by atoms with Gasteiger partial charge in [0.05, 0.1) is 17.9 Å². The number of carbonyl (C=O) groups is 1. The zero-order valence-electron chi connectivity index (χ0n) is 9.98. The number of hydrogen-bond donors (Lipinski definition) is 2. The van der Waals surface area contributed by atoms with E-state index >= 15 is 0 Å². The lowest BCUT2D eigenvalue weighted by molar-refractivity contribution is -0.117. The molecule has 3 N–H and O–H groups in total. The van der Waals surface area contributed by atoms with Crippen molar-refractivity contribution >= 4 is 17.3 Å². The van der Waals surface area contributed by atoms with Gasteiger partial charge in [0, 0.05) is 0 Å². The van der Waals surface area contributed by atoms with Crippen molar-refractivity contribution in [3.8, 4) is 0 Å². The third-order valence-corrected chi connectivity index (χ3v) is 3.05. The van der Waals surface area contributed by atoms with Crippen LogP contribution < -0.4 is 11.1 Å². The number of nitrogen functional groups attached to an aromatic ring is 1. The number of carbonyl (C=O) groups excluding carboxylic acids is 1. The van der Waals surface area contributed by atoms with E-state index in [1.807, 2.05) is 18.2 Å². The number of amides is 1. The van der Waals surface area contributed by atoms with Crippen LogP contribution in [0.3, 0.4) is 0 Å². The maximum atomic E-state index is 11.8. The first-order valence-electron chi connectivity index (χ1n) is 6.12. The third-order valence-electron chi connectivity index (χ3n) is 3.05. The van der Waals surface area contributed by atoms with E-state index in [9.17, 15) is 4.79 Å². The Bertz CT molecular complexity index is 386. The quantitative estimate of drug-likeness (QED) is 0.781. The number of likely N-dealkylation sites (tertiary alicyclic amines) is 1. The van der Waals surface area contributed by atoms with Crippen molar-refractivity contribution in [2.75, 3.05) is 30.7 Å². The number of benzene rings is 1. The molecule has 2 rings (SSSR count). The van der Waals surface area contributed by atoms with Crippen LogP contribution in [0.25, 0.3) is 0 Å². The van der Waals surface area contributed by atoms with Crippen LogP contribution >= 0.6 is 0 Å². The van der Waals surface area contributed by atoms with E-state index in [1.54, 1.807) is 6.07 Å². The molecular formula is C13H19N3O. The highest BCUT2D eigenvalue weighted by atomic mass is 16.2. The van der Waals surface area contributed by atoms with Crippen LogP contribution in [-0.4, -0.2) is 30.4 Å². The van der Waals surface area contributed by atoms with Crippen molar-refractivity contribution in [1.29, 1.82) is 0 Å². The number of nitrogens with one attached hydrogen (secondary N) is 1. The van der Waals surface area contributed by atoms with Crippen molar-refractivity contribution in [2.24, 2.45) is 0 Å². The normalized spacial score (nSPS) is 16.7. The van der Waals surface area contributed by atoms with Gasteiger partial charge in [-0.3, -0.25) is 9.69 Å². The monoisotopic (exact) mass is 233 g/mol. The maximum absolute atomic E-state index is 11.8. The van der Waals surface area contributed by atoms with Gasteiger partial charge in [-0.05, 0) is 38.1 Å². The van der Waals surface area contributed by atoms with E-state index in [2.05, 4.69) is 10.2 Å². The lowest BCUT2D eigenvalue weighted by Gasteiger charge is -2.25. The molecule has 0 unspecified atom stereocenters. The highest BCUT2D eigenvalue weighted by Crippen LogP contribution is 2.16. The Morgan fingerprint density at radius 1 is 1.24 bits per heavy atom. The second kappa shape index (κ2) is 5.68. The average Bonchev–Trinajstić information content (AvgIpc) is 2.33. The fourth-order valence-corrected chi connectivity index (χ4v) is 2.12. The van der Waals surface area contributed by atoms with E-state index < -0.39 is 0 Å². The molecule has 0 spiro atoms. The first-order chi connectivity index (χ1) is 8.25. The second-order valence-electron chi connectivity index (χ2n) is 4.47. The minimum atomic E-state index is 0.0183. The third kappa shape index (κ3) is 3.46. The van der Waals surface area contributed by atoms with Crippen LogP contribution in [-0.2, 0) is 4.79 Å². The molecule has 1 aliphatic heterocycles. The summed E-state index contributed by atoms with van der Waals surface area (Å²) < 4.78 is 0. The van der Waals surface area contributed by atoms with Gasteiger partial charge in [0.1, 0.15) is 0 Å². The first-order valence-corrected chi connectivity index (χ1v) is 6.12. The molecule has 4 heteroatoms. The summed E-state index contributed by atoms with van der Waals surface area (Å²) in [6, 6.07) is 7.34. The largest absolute Gasteiger partial charge is 0.397 e. The highest BCUT2D eigenvalue weighted by Gasteiger charge is 2.14. The van der Waals surface area contributed by atoms with Crippen molar-refractivity contribution < 1.29 is 4.79 Å². The standard InChI is InChI=1S/C13H19N3O/c14-11-6-2-3-7-12(11)15-13(17)10-16-8-4-1-5-9-16/h2-3,6-7H,1,4-5,8-10,14H2,(H,15,17). The highest BCUT2D eigenvalue weighted by molar-refractivity contribution is 5.95. The molecule has 0 saturated carbocycles. The van der Waals surface area contributed by atoms with Gasteiger partial charge in [-0.25, -0.2) is 0 Å². The molecule has 0 bridgehead atoms. The number of nitrogens with two attached hydrogens (primary N) is 1. The fraction of sp³-hybridized carbons (Fsp3) is 0.462. The summed E-state index contributed by atoms with van der Waals surface area (Å²) in [4.78, 5) is 14.0. The van der Waals surface area contributed by atoms with Gasteiger partial charge < -0.3 is 11.1 Å². The Balaban J connectivity index is 1.86. The molecular weight excluding hydrogens is 214 g/mol. The molecule has 0 radical (unpaired) electrons. The summed E-state index contributed by atoms with van der Waals surface area (Å²) in [5.41, 5.74) is 7.09. The molecule has 1 aromatic carbocycles. The van der Waals surface area contributed by atoms with Crippen molar-refractivity contribution in [3.63, 3.8) is 0 Å². The number of rotatable bonds is 3. The molecule has 1 aromatic rings. The molecule has 1 amide bonds. The molecule has 0 aliphatic carbocycles. The summed E-state index contributed by atoms with van der Waals surface area (Å²) in [6.45, 7) is 2.52. The van der Waals surface area contributed by atoms with E-state index in [1.165, 1.54) is 19.3 Å². The lowest BCUT2D eigenvalue weighted by Crippen LogP contribution is -2.36. The minimum absolute atomic E-state index is 0.0183. The Morgan fingerprint density at radius 2 is 1.94 bits per heavy atom. The molecule has 1 aliphatic rings. The molecule has 4 nitrogen and oxygen atoms in total. The van der Waals surface area contributed by atoms with Gasteiger partial charge in [0.25, 0.3) is 0 Å². The predicted molar refractivity (Wildman–Crippen MR) is 69.8 cm³/mol. The smallest absolute Gasteiger partial charge is 0.238 e. The number of hydrogen-bond acceptors (Lipinski definition) is 3. The summed E-state index contributed by atoms with van der Waals surface area (Å²) in [6.07, 6.45) is 3.67. The first kappa shape index (κ1) is 11.9. The van der Waals surface area contributed by atoms with Crippen molar-refractivity contribution in [3.05, 3.63) is 24.3 Å². The van der Waals surface area contributed by atoms with E-state index in [0.29, 0.717) is 17.9 Å². The van der Waals surface area contributed by atoms with Crippen LogP contribution in [0.5, 0.6) is 0 Å². The van der Waals surface area contributed by atoms with Crippen molar-refractivity contribution in [2.45, 2.75) is 19.3 Å².